The molecule has 0 aliphatic rings. The zero-order valence-corrected chi connectivity index (χ0v) is 8.84. The summed E-state index contributed by atoms with van der Waals surface area (Å²) in [7, 11) is 0. The van der Waals surface area contributed by atoms with Gasteiger partial charge < -0.3 is 10.5 Å². The van der Waals surface area contributed by atoms with E-state index in [-0.39, 0.29) is 0 Å². The maximum atomic E-state index is 8.63. The van der Waals surface area contributed by atoms with E-state index in [0.717, 1.165) is 25.9 Å². The molecule has 0 aromatic heterocycles. The molecule has 1 unspecified atom stereocenters. The Bertz CT molecular complexity index is 170. The average molecular weight is 184 g/mol. The molecule has 0 radical (unpaired) electrons. The summed E-state index contributed by atoms with van der Waals surface area (Å²) in [5.74, 6) is 0. The van der Waals surface area contributed by atoms with Gasteiger partial charge in [0.15, 0.2) is 0 Å². The van der Waals surface area contributed by atoms with Crippen molar-refractivity contribution in [3.8, 4) is 6.07 Å². The van der Waals surface area contributed by atoms with Gasteiger partial charge >= 0.3 is 0 Å². The number of unbranched alkanes of at least 4 members (excludes halogenated alkanes) is 1. The van der Waals surface area contributed by atoms with E-state index in [9.17, 15) is 0 Å². The molecule has 3 heteroatoms. The lowest BCUT2D eigenvalue weighted by Gasteiger charge is -2.14. The van der Waals surface area contributed by atoms with Crippen molar-refractivity contribution in [2.24, 2.45) is 5.73 Å². The maximum absolute atomic E-state index is 8.63. The van der Waals surface area contributed by atoms with Crippen LogP contribution in [-0.2, 0) is 4.74 Å². The van der Waals surface area contributed by atoms with Crippen molar-refractivity contribution >= 4 is 0 Å². The lowest BCUT2D eigenvalue weighted by atomic mass is 9.98. The van der Waals surface area contributed by atoms with Crippen LogP contribution in [0.1, 0.15) is 40.0 Å². The number of rotatable bonds is 6. The Morgan fingerprint density at radius 3 is 2.54 bits per heavy atom. The summed E-state index contributed by atoms with van der Waals surface area (Å²) in [6, 6.07) is 2.08. The van der Waals surface area contributed by atoms with Gasteiger partial charge in [-0.3, -0.25) is 0 Å². The molecule has 0 heterocycles. The largest absolute Gasteiger partial charge is 0.379 e. The molecule has 0 aliphatic carbocycles. The number of ether oxygens (including phenoxy) is 1. The van der Waals surface area contributed by atoms with Crippen LogP contribution in [0.15, 0.2) is 0 Å². The van der Waals surface area contributed by atoms with Crippen LogP contribution in [0.3, 0.4) is 0 Å². The summed E-state index contributed by atoms with van der Waals surface area (Å²) in [4.78, 5) is 0. The molecule has 2 N–H and O–H groups in total. The van der Waals surface area contributed by atoms with Gasteiger partial charge in [-0.1, -0.05) is 0 Å². The highest BCUT2D eigenvalue weighted by atomic mass is 16.5. The van der Waals surface area contributed by atoms with Gasteiger partial charge in [-0.25, -0.2) is 0 Å². The number of hydrogen-bond acceptors (Lipinski definition) is 3. The lowest BCUT2D eigenvalue weighted by molar-refractivity contribution is 0.0753. The molecule has 0 aliphatic heterocycles. The number of nitriles is 1. The Balaban J connectivity index is 3.32. The quantitative estimate of drug-likeness (QED) is 0.640. The van der Waals surface area contributed by atoms with Crippen LogP contribution in [0.5, 0.6) is 0 Å². The molecule has 0 fully saturated rings. The minimum absolute atomic E-state index is 0.292. The predicted octanol–water partition coefficient (Wildman–Crippen LogP) is 1.82. The Labute approximate surface area is 80.9 Å². The van der Waals surface area contributed by atoms with Crippen molar-refractivity contribution in [3.63, 3.8) is 0 Å². The molecule has 0 saturated carbocycles. The molecule has 0 amide bonds. The zero-order chi connectivity index (χ0) is 10.3. The topological polar surface area (TPSA) is 59.0 Å². The van der Waals surface area contributed by atoms with Gasteiger partial charge in [0.05, 0.1) is 12.2 Å². The minimum Gasteiger partial charge on any atom is -0.379 e. The third-order valence-electron chi connectivity index (χ3n) is 1.80. The highest BCUT2D eigenvalue weighted by Gasteiger charge is 2.15. The van der Waals surface area contributed by atoms with E-state index in [1.165, 1.54) is 0 Å². The normalized spacial score (nSPS) is 15.4. The summed E-state index contributed by atoms with van der Waals surface area (Å²) < 4.78 is 5.37. The predicted molar refractivity (Wildman–Crippen MR) is 53.1 cm³/mol. The molecular weight excluding hydrogens is 164 g/mol. The van der Waals surface area contributed by atoms with E-state index in [4.69, 9.17) is 15.7 Å². The van der Waals surface area contributed by atoms with Crippen LogP contribution in [0.4, 0.5) is 0 Å². The van der Waals surface area contributed by atoms with Gasteiger partial charge in [-0.2, -0.15) is 5.26 Å². The summed E-state index contributed by atoms with van der Waals surface area (Å²) in [5, 5.41) is 8.63. The number of nitrogens with zero attached hydrogens (tertiary/aromatic N) is 1. The van der Waals surface area contributed by atoms with E-state index < -0.39 is 5.54 Å². The monoisotopic (exact) mass is 184 g/mol. The van der Waals surface area contributed by atoms with Crippen molar-refractivity contribution in [2.75, 3.05) is 6.61 Å². The SMILES string of the molecule is CC(C)OCCCCC(C)(N)C#N. The minimum atomic E-state index is -0.669. The average Bonchev–Trinajstić information content (AvgIpc) is 2.03. The van der Waals surface area contributed by atoms with Crippen molar-refractivity contribution < 1.29 is 4.74 Å². The summed E-state index contributed by atoms with van der Waals surface area (Å²) in [6.45, 7) is 6.56. The smallest absolute Gasteiger partial charge is 0.101 e. The first-order valence-corrected chi connectivity index (χ1v) is 4.79. The second-order valence-corrected chi connectivity index (χ2v) is 3.91. The summed E-state index contributed by atoms with van der Waals surface area (Å²) in [5.41, 5.74) is 4.99. The third kappa shape index (κ3) is 7.76. The van der Waals surface area contributed by atoms with Gasteiger partial charge in [0.2, 0.25) is 0 Å². The van der Waals surface area contributed by atoms with Crippen LogP contribution in [-0.4, -0.2) is 18.2 Å². The Morgan fingerprint density at radius 1 is 1.46 bits per heavy atom. The van der Waals surface area contributed by atoms with Crippen molar-refractivity contribution in [1.82, 2.24) is 0 Å². The molecule has 13 heavy (non-hydrogen) atoms. The highest BCUT2D eigenvalue weighted by molar-refractivity contribution is 5.00. The lowest BCUT2D eigenvalue weighted by Crippen LogP contribution is -2.33. The van der Waals surface area contributed by atoms with Gasteiger partial charge in [-0.05, 0) is 40.0 Å². The molecule has 0 saturated heterocycles. The summed E-state index contributed by atoms with van der Waals surface area (Å²) in [6.07, 6.45) is 2.96. The molecule has 0 bridgehead atoms. The molecule has 0 rings (SSSR count). The van der Waals surface area contributed by atoms with E-state index in [0.29, 0.717) is 6.10 Å². The van der Waals surface area contributed by atoms with Crippen LogP contribution < -0.4 is 5.73 Å². The first kappa shape index (κ1) is 12.4. The van der Waals surface area contributed by atoms with Gasteiger partial charge in [0, 0.05) is 6.61 Å². The fraction of sp³-hybridized carbons (Fsp3) is 0.900. The van der Waals surface area contributed by atoms with E-state index in [2.05, 4.69) is 6.07 Å². The molecule has 3 nitrogen and oxygen atoms in total. The second kappa shape index (κ2) is 5.95. The Hall–Kier alpha value is -0.590. The van der Waals surface area contributed by atoms with Crippen LogP contribution in [0.2, 0.25) is 0 Å². The highest BCUT2D eigenvalue weighted by Crippen LogP contribution is 2.09. The van der Waals surface area contributed by atoms with Crippen LogP contribution in [0.25, 0.3) is 0 Å². The fourth-order valence-electron chi connectivity index (χ4n) is 0.969. The number of nitrogens with two attached hydrogens (primary N) is 1. The maximum Gasteiger partial charge on any atom is 0.101 e. The number of hydrogen-bond donors (Lipinski definition) is 1. The van der Waals surface area contributed by atoms with E-state index >= 15 is 0 Å². The molecule has 0 aromatic carbocycles. The third-order valence-corrected chi connectivity index (χ3v) is 1.80. The van der Waals surface area contributed by atoms with E-state index in [1.54, 1.807) is 6.92 Å². The Kier molecular flexibility index (Phi) is 5.68. The van der Waals surface area contributed by atoms with Gasteiger partial charge in [0.25, 0.3) is 0 Å². The van der Waals surface area contributed by atoms with Gasteiger partial charge in [-0.15, -0.1) is 0 Å². The fourth-order valence-corrected chi connectivity index (χ4v) is 0.969. The standard InChI is InChI=1S/C10H20N2O/c1-9(2)13-7-5-4-6-10(3,12)8-11/h9H,4-7,12H2,1-3H3. The molecule has 1 atom stereocenters. The van der Waals surface area contributed by atoms with Gasteiger partial charge in [0.1, 0.15) is 5.54 Å². The molecular formula is C10H20N2O. The first-order chi connectivity index (χ1) is 5.98. The van der Waals surface area contributed by atoms with Crippen LogP contribution >= 0.6 is 0 Å². The van der Waals surface area contributed by atoms with Crippen molar-refractivity contribution in [3.05, 3.63) is 0 Å². The molecule has 0 spiro atoms. The second-order valence-electron chi connectivity index (χ2n) is 3.91. The van der Waals surface area contributed by atoms with Crippen molar-refractivity contribution in [2.45, 2.75) is 51.7 Å². The van der Waals surface area contributed by atoms with Crippen molar-refractivity contribution in [1.29, 1.82) is 5.26 Å². The zero-order valence-electron chi connectivity index (χ0n) is 8.84. The first-order valence-electron chi connectivity index (χ1n) is 4.79. The Morgan fingerprint density at radius 2 is 2.08 bits per heavy atom. The van der Waals surface area contributed by atoms with E-state index in [1.807, 2.05) is 13.8 Å². The molecule has 76 valence electrons. The van der Waals surface area contributed by atoms with Crippen LogP contribution in [0, 0.1) is 11.3 Å². The molecule has 0 aromatic rings. The summed E-state index contributed by atoms with van der Waals surface area (Å²) >= 11 is 0.